The molecule has 3 rings (SSSR count). The molecule has 166 valence electrons. The largest absolute Gasteiger partial charge is 0.493 e. The molecule has 3 unspecified atom stereocenters. The maximum atomic E-state index is 12.5. The van der Waals surface area contributed by atoms with Crippen LogP contribution in [0.2, 0.25) is 0 Å². The summed E-state index contributed by atoms with van der Waals surface area (Å²) in [6, 6.07) is 4.61. The first kappa shape index (κ1) is 22.4. The van der Waals surface area contributed by atoms with Crippen molar-refractivity contribution in [1.29, 1.82) is 0 Å². The molecule has 0 spiro atoms. The van der Waals surface area contributed by atoms with Crippen LogP contribution in [0.3, 0.4) is 0 Å². The number of hydrogen-bond acceptors (Lipinski definition) is 10. The van der Waals surface area contributed by atoms with E-state index < -0.39 is 47.8 Å². The molecule has 31 heavy (non-hydrogen) atoms. The number of ether oxygens (including phenoxy) is 6. The smallest absolute Gasteiger partial charge is 0.356 e. The molecule has 3 atom stereocenters. The summed E-state index contributed by atoms with van der Waals surface area (Å²) in [5.41, 5.74) is 0.529. The standard InChI is InChI=1S/C21H22O10/c1-11(22)28-13-7-5-12(9-14(13)26-4)6-8-16(23)29-19-17(24)18(30-20(19)25)15-10-27-21(2,3)31-15/h5-9,15,18-19H,10H2,1-4H3. The molecule has 2 fully saturated rings. The molecular weight excluding hydrogens is 412 g/mol. The molecule has 2 saturated heterocycles. The number of rotatable bonds is 6. The van der Waals surface area contributed by atoms with Crippen LogP contribution in [0.15, 0.2) is 24.3 Å². The Morgan fingerprint density at radius 3 is 2.55 bits per heavy atom. The van der Waals surface area contributed by atoms with Gasteiger partial charge in [-0.15, -0.1) is 0 Å². The molecule has 10 heteroatoms. The Bertz CT molecular complexity index is 932. The van der Waals surface area contributed by atoms with Crippen LogP contribution in [-0.2, 0) is 38.1 Å². The highest BCUT2D eigenvalue weighted by molar-refractivity contribution is 6.11. The number of esters is 3. The van der Waals surface area contributed by atoms with Gasteiger partial charge in [0, 0.05) is 13.0 Å². The third kappa shape index (κ3) is 5.28. The molecule has 0 aliphatic carbocycles. The Balaban J connectivity index is 1.62. The van der Waals surface area contributed by atoms with E-state index in [1.807, 2.05) is 0 Å². The van der Waals surface area contributed by atoms with Gasteiger partial charge in [0.2, 0.25) is 5.78 Å². The van der Waals surface area contributed by atoms with Crippen molar-refractivity contribution in [3.8, 4) is 11.5 Å². The topological polar surface area (TPSA) is 124 Å². The minimum Gasteiger partial charge on any atom is -0.493 e. The molecule has 1 aromatic carbocycles. The van der Waals surface area contributed by atoms with Gasteiger partial charge < -0.3 is 28.4 Å². The summed E-state index contributed by atoms with van der Waals surface area (Å²) in [6.45, 7) is 4.67. The zero-order valence-corrected chi connectivity index (χ0v) is 17.4. The van der Waals surface area contributed by atoms with Crippen LogP contribution in [0.1, 0.15) is 26.3 Å². The second-order valence-corrected chi connectivity index (χ2v) is 7.28. The van der Waals surface area contributed by atoms with E-state index in [9.17, 15) is 19.2 Å². The second-order valence-electron chi connectivity index (χ2n) is 7.28. The third-order valence-corrected chi connectivity index (χ3v) is 4.45. The van der Waals surface area contributed by atoms with Crippen LogP contribution in [0, 0.1) is 0 Å². The molecule has 0 amide bonds. The molecular formula is C21H22O10. The van der Waals surface area contributed by atoms with Crippen molar-refractivity contribution in [1.82, 2.24) is 0 Å². The number of methoxy groups -OCH3 is 1. The van der Waals surface area contributed by atoms with Gasteiger partial charge in [0.25, 0.3) is 6.10 Å². The minimum absolute atomic E-state index is 0.0719. The van der Waals surface area contributed by atoms with Crippen molar-refractivity contribution in [3.63, 3.8) is 0 Å². The fraction of sp³-hybridized carbons (Fsp3) is 0.429. The first-order valence-corrected chi connectivity index (χ1v) is 9.41. The fourth-order valence-corrected chi connectivity index (χ4v) is 3.09. The lowest BCUT2D eigenvalue weighted by atomic mass is 10.1. The Kier molecular flexibility index (Phi) is 6.42. The van der Waals surface area contributed by atoms with Crippen LogP contribution >= 0.6 is 0 Å². The molecule has 0 bridgehead atoms. The number of hydrogen-bond donors (Lipinski definition) is 0. The third-order valence-electron chi connectivity index (χ3n) is 4.45. The van der Waals surface area contributed by atoms with E-state index >= 15 is 0 Å². The van der Waals surface area contributed by atoms with Gasteiger partial charge in [-0.05, 0) is 37.6 Å². The van der Waals surface area contributed by atoms with Crippen molar-refractivity contribution in [3.05, 3.63) is 29.8 Å². The first-order chi connectivity index (χ1) is 14.6. The summed E-state index contributed by atoms with van der Waals surface area (Å²) in [5, 5.41) is 0. The summed E-state index contributed by atoms with van der Waals surface area (Å²) >= 11 is 0. The predicted octanol–water partition coefficient (Wildman–Crippen LogP) is 1.19. The van der Waals surface area contributed by atoms with Gasteiger partial charge in [-0.25, -0.2) is 9.59 Å². The average molecular weight is 434 g/mol. The fourth-order valence-electron chi connectivity index (χ4n) is 3.09. The zero-order chi connectivity index (χ0) is 22.8. The van der Waals surface area contributed by atoms with Gasteiger partial charge in [0.15, 0.2) is 23.4 Å². The summed E-state index contributed by atoms with van der Waals surface area (Å²) in [4.78, 5) is 47.8. The molecule has 0 N–H and O–H groups in total. The predicted molar refractivity (Wildman–Crippen MR) is 103 cm³/mol. The van der Waals surface area contributed by atoms with Crippen LogP contribution < -0.4 is 9.47 Å². The van der Waals surface area contributed by atoms with E-state index in [0.717, 1.165) is 6.08 Å². The van der Waals surface area contributed by atoms with Gasteiger partial charge in [-0.2, -0.15) is 0 Å². The molecule has 0 aromatic heterocycles. The second kappa shape index (κ2) is 8.86. The first-order valence-electron chi connectivity index (χ1n) is 9.41. The Morgan fingerprint density at radius 2 is 1.94 bits per heavy atom. The summed E-state index contributed by atoms with van der Waals surface area (Å²) < 4.78 is 31.1. The van der Waals surface area contributed by atoms with Gasteiger partial charge in [0.05, 0.1) is 13.7 Å². The van der Waals surface area contributed by atoms with Crippen LogP contribution in [-0.4, -0.2) is 61.5 Å². The van der Waals surface area contributed by atoms with Crippen molar-refractivity contribution >= 4 is 29.8 Å². The van der Waals surface area contributed by atoms with Gasteiger partial charge in [-0.3, -0.25) is 9.59 Å². The van der Waals surface area contributed by atoms with E-state index in [1.165, 1.54) is 32.2 Å². The van der Waals surface area contributed by atoms with Crippen molar-refractivity contribution in [2.45, 2.75) is 44.9 Å². The van der Waals surface area contributed by atoms with Gasteiger partial charge >= 0.3 is 17.9 Å². The van der Waals surface area contributed by atoms with Crippen molar-refractivity contribution < 1.29 is 47.6 Å². The molecule has 10 nitrogen and oxygen atoms in total. The lowest BCUT2D eigenvalue weighted by Gasteiger charge is -2.19. The van der Waals surface area contributed by atoms with Crippen molar-refractivity contribution in [2.75, 3.05) is 13.7 Å². The quantitative estimate of drug-likeness (QED) is 0.279. The highest BCUT2D eigenvalue weighted by Crippen LogP contribution is 2.30. The number of Topliss-reactive ketones (excluding diaryl/α,β-unsaturated/α-hetero) is 1. The zero-order valence-electron chi connectivity index (χ0n) is 17.4. The van der Waals surface area contributed by atoms with E-state index in [4.69, 9.17) is 28.4 Å². The molecule has 2 heterocycles. The van der Waals surface area contributed by atoms with E-state index in [0.29, 0.717) is 5.56 Å². The number of carbonyl (C=O) groups is 4. The van der Waals surface area contributed by atoms with E-state index in [-0.39, 0.29) is 18.1 Å². The molecule has 0 saturated carbocycles. The number of benzene rings is 1. The van der Waals surface area contributed by atoms with Crippen LogP contribution in [0.25, 0.3) is 6.08 Å². The summed E-state index contributed by atoms with van der Waals surface area (Å²) in [6.07, 6.45) is -1.20. The van der Waals surface area contributed by atoms with Crippen molar-refractivity contribution in [2.24, 2.45) is 0 Å². The van der Waals surface area contributed by atoms with E-state index in [2.05, 4.69) is 0 Å². The van der Waals surface area contributed by atoms with Gasteiger partial charge in [-0.1, -0.05) is 6.07 Å². The monoisotopic (exact) mass is 434 g/mol. The maximum absolute atomic E-state index is 12.5. The van der Waals surface area contributed by atoms with Gasteiger partial charge in [0.1, 0.15) is 6.10 Å². The number of cyclic esters (lactones) is 1. The molecule has 2 aliphatic rings. The lowest BCUT2D eigenvalue weighted by molar-refractivity contribution is -0.165. The molecule has 2 aliphatic heterocycles. The SMILES string of the molecule is COc1cc(C=CC(=O)OC2C(=O)OC(C3COC(C)(C)O3)C2=O)ccc1OC(C)=O. The lowest BCUT2D eigenvalue weighted by Crippen LogP contribution is -2.38. The summed E-state index contributed by atoms with van der Waals surface area (Å²) in [5.74, 6) is -3.48. The minimum atomic E-state index is -1.67. The molecule has 1 aromatic rings. The van der Waals surface area contributed by atoms with Crippen LogP contribution in [0.5, 0.6) is 11.5 Å². The Morgan fingerprint density at radius 1 is 1.19 bits per heavy atom. The highest BCUT2D eigenvalue weighted by Gasteiger charge is 2.53. The number of ketones is 1. The number of carbonyl (C=O) groups excluding carboxylic acids is 4. The maximum Gasteiger partial charge on any atom is 0.356 e. The average Bonchev–Trinajstić information content (AvgIpc) is 3.20. The summed E-state index contributed by atoms with van der Waals surface area (Å²) in [7, 11) is 1.40. The Hall–Kier alpha value is -3.24. The van der Waals surface area contributed by atoms with Crippen LogP contribution in [0.4, 0.5) is 0 Å². The van der Waals surface area contributed by atoms with E-state index in [1.54, 1.807) is 19.9 Å². The molecule has 0 radical (unpaired) electrons. The highest BCUT2D eigenvalue weighted by atomic mass is 16.8. The Labute approximate surface area is 178 Å². The normalized spacial score (nSPS) is 24.8.